The van der Waals surface area contributed by atoms with Gasteiger partial charge in [0.25, 0.3) is 0 Å². The first kappa shape index (κ1) is 77.1. The highest BCUT2D eigenvalue weighted by Gasteiger charge is 2.18. The first-order chi connectivity index (χ1) is 39.2. The van der Waals surface area contributed by atoms with Crippen LogP contribution in [-0.2, 0) is 4.79 Å². The van der Waals surface area contributed by atoms with Crippen LogP contribution in [0.15, 0.2) is 60.8 Å². The molecule has 1 amide bonds. The number of allylic oxidation sites excluding steroid dienone is 9. The second kappa shape index (κ2) is 70.4. The van der Waals surface area contributed by atoms with Crippen LogP contribution in [0.5, 0.6) is 0 Å². The van der Waals surface area contributed by atoms with Crippen molar-refractivity contribution >= 4 is 5.91 Å². The van der Waals surface area contributed by atoms with E-state index < -0.39 is 12.1 Å². The Morgan fingerprint density at radius 3 is 0.823 bits per heavy atom. The summed E-state index contributed by atoms with van der Waals surface area (Å²) in [6, 6.07) is -0.641. The quantitative estimate of drug-likeness (QED) is 0.0420. The summed E-state index contributed by atoms with van der Waals surface area (Å²) in [6.45, 7) is 4.33. The van der Waals surface area contributed by atoms with Crippen molar-refractivity contribution in [3.8, 4) is 0 Å². The summed E-state index contributed by atoms with van der Waals surface area (Å²) in [4.78, 5) is 12.5. The molecule has 79 heavy (non-hydrogen) atoms. The van der Waals surface area contributed by atoms with Crippen molar-refractivity contribution in [2.75, 3.05) is 6.61 Å². The summed E-state index contributed by atoms with van der Waals surface area (Å²) in [5.74, 6) is -0.0670. The lowest BCUT2D eigenvalue weighted by atomic mass is 10.0. The third-order valence-corrected chi connectivity index (χ3v) is 16.7. The standard InChI is InChI=1S/C75H141NO3/c1-3-5-7-9-11-13-15-17-19-21-23-25-27-29-31-33-35-36-37-38-39-40-41-43-45-47-49-51-53-55-57-59-61-63-65-67-69-71-75(79)76-73(72-77)74(78)70-68-66-64-62-60-58-56-54-52-50-48-46-44-42-34-32-30-28-26-24-22-20-18-16-14-12-10-8-6-4-2/h15,17,21,23,27,29,60,62,68,70,73-74,77-78H,3-14,16,18-20,22,24-26,28,30-59,61,63-67,69,71-72H2,1-2H3,(H,76,79)/b17-15-,23-21-,29-27-,62-60+,70-68+. The highest BCUT2D eigenvalue weighted by atomic mass is 16.3. The van der Waals surface area contributed by atoms with Crippen LogP contribution in [0.1, 0.15) is 393 Å². The van der Waals surface area contributed by atoms with Crippen LogP contribution in [0.2, 0.25) is 0 Å². The molecular formula is C75H141NO3. The lowest BCUT2D eigenvalue weighted by Crippen LogP contribution is -2.45. The molecule has 3 N–H and O–H groups in total. The van der Waals surface area contributed by atoms with Crippen LogP contribution in [0.25, 0.3) is 0 Å². The van der Waals surface area contributed by atoms with Gasteiger partial charge in [-0.25, -0.2) is 0 Å². The molecule has 0 radical (unpaired) electrons. The van der Waals surface area contributed by atoms with Crippen LogP contribution < -0.4 is 5.32 Å². The zero-order chi connectivity index (χ0) is 56.9. The van der Waals surface area contributed by atoms with E-state index in [0.29, 0.717) is 6.42 Å². The monoisotopic (exact) mass is 1100 g/mol. The van der Waals surface area contributed by atoms with Gasteiger partial charge in [0.2, 0.25) is 5.91 Å². The van der Waals surface area contributed by atoms with Gasteiger partial charge in [0, 0.05) is 6.42 Å². The minimum Gasteiger partial charge on any atom is -0.394 e. The van der Waals surface area contributed by atoms with E-state index in [9.17, 15) is 15.0 Å². The highest BCUT2D eigenvalue weighted by molar-refractivity contribution is 5.76. The molecule has 0 aliphatic rings. The van der Waals surface area contributed by atoms with Gasteiger partial charge in [0.05, 0.1) is 18.8 Å². The molecule has 0 rings (SSSR count). The first-order valence-corrected chi connectivity index (χ1v) is 36.0. The molecule has 0 aromatic heterocycles. The second-order valence-electron chi connectivity index (χ2n) is 24.6. The summed E-state index contributed by atoms with van der Waals surface area (Å²) in [5.41, 5.74) is 0. The van der Waals surface area contributed by atoms with Crippen LogP contribution >= 0.6 is 0 Å². The van der Waals surface area contributed by atoms with Gasteiger partial charge >= 0.3 is 0 Å². The molecule has 464 valence electrons. The second-order valence-corrected chi connectivity index (χ2v) is 24.6. The normalized spacial score (nSPS) is 13.0. The summed E-state index contributed by atoms with van der Waals surface area (Å²) >= 11 is 0. The van der Waals surface area contributed by atoms with Crippen LogP contribution in [0.4, 0.5) is 0 Å². The zero-order valence-electron chi connectivity index (χ0n) is 53.7. The maximum absolute atomic E-state index is 12.5. The summed E-state index contributed by atoms with van der Waals surface area (Å²) < 4.78 is 0. The fourth-order valence-corrected chi connectivity index (χ4v) is 11.3. The van der Waals surface area contributed by atoms with Gasteiger partial charge in [0.15, 0.2) is 0 Å². The van der Waals surface area contributed by atoms with Crippen molar-refractivity contribution in [3.63, 3.8) is 0 Å². The van der Waals surface area contributed by atoms with E-state index in [-0.39, 0.29) is 12.5 Å². The molecule has 0 spiro atoms. The lowest BCUT2D eigenvalue weighted by Gasteiger charge is -2.19. The Hall–Kier alpha value is -1.91. The fraction of sp³-hybridized carbons (Fsp3) is 0.853. The van der Waals surface area contributed by atoms with Gasteiger partial charge in [0.1, 0.15) is 0 Å². The first-order valence-electron chi connectivity index (χ1n) is 36.0. The number of aliphatic hydroxyl groups is 2. The molecule has 2 atom stereocenters. The molecule has 4 heteroatoms. The van der Waals surface area contributed by atoms with Crippen LogP contribution in [0, 0.1) is 0 Å². The number of unbranched alkanes of at least 4 members (excludes halogenated alkanes) is 52. The number of amides is 1. The Morgan fingerprint density at radius 2 is 0.532 bits per heavy atom. The third kappa shape index (κ3) is 66.8. The van der Waals surface area contributed by atoms with Crippen molar-refractivity contribution < 1.29 is 15.0 Å². The predicted molar refractivity (Wildman–Crippen MR) is 354 cm³/mol. The Bertz CT molecular complexity index is 1300. The third-order valence-electron chi connectivity index (χ3n) is 16.7. The van der Waals surface area contributed by atoms with E-state index in [0.717, 1.165) is 44.9 Å². The Labute approximate surface area is 496 Å². The van der Waals surface area contributed by atoms with E-state index in [1.54, 1.807) is 6.08 Å². The Morgan fingerprint density at radius 1 is 0.304 bits per heavy atom. The SMILES string of the molecule is CCCCCCC/C=C\C/C=C\C/C=C\CCCCCCCCCCCCCCCCCCCCCCCCC(=O)NC(CO)C(O)/C=C/CC/C=C/CCCCCCCCCCCCCCCCCCCCCCCCCC. The smallest absolute Gasteiger partial charge is 0.220 e. The van der Waals surface area contributed by atoms with E-state index in [1.165, 1.54) is 327 Å². The number of carbonyl (C=O) groups is 1. The van der Waals surface area contributed by atoms with Gasteiger partial charge in [-0.05, 0) is 70.6 Å². The predicted octanol–water partition coefficient (Wildman–Crippen LogP) is 24.7. The van der Waals surface area contributed by atoms with Gasteiger partial charge < -0.3 is 15.5 Å². The average molecular weight is 1100 g/mol. The minimum atomic E-state index is -0.864. The summed E-state index contributed by atoms with van der Waals surface area (Å²) in [5, 5.41) is 23.3. The van der Waals surface area contributed by atoms with Crippen molar-refractivity contribution in [3.05, 3.63) is 60.8 Å². The lowest BCUT2D eigenvalue weighted by molar-refractivity contribution is -0.123. The van der Waals surface area contributed by atoms with Gasteiger partial charge in [-0.15, -0.1) is 0 Å². The molecule has 0 aliphatic carbocycles. The molecule has 0 bridgehead atoms. The van der Waals surface area contributed by atoms with E-state index in [1.807, 2.05) is 6.08 Å². The maximum atomic E-state index is 12.5. The van der Waals surface area contributed by atoms with E-state index in [2.05, 4.69) is 67.8 Å². The minimum absolute atomic E-state index is 0.0670. The number of hydrogen-bond acceptors (Lipinski definition) is 3. The van der Waals surface area contributed by atoms with Crippen molar-refractivity contribution in [2.45, 2.75) is 405 Å². The summed E-state index contributed by atoms with van der Waals surface area (Å²) in [6.07, 6.45) is 100. The molecule has 0 aliphatic heterocycles. The molecule has 0 saturated carbocycles. The topological polar surface area (TPSA) is 69.6 Å². The van der Waals surface area contributed by atoms with Crippen molar-refractivity contribution in [2.24, 2.45) is 0 Å². The molecule has 0 aromatic rings. The molecular weight excluding hydrogens is 963 g/mol. The maximum Gasteiger partial charge on any atom is 0.220 e. The average Bonchev–Trinajstić information content (AvgIpc) is 3.45. The number of hydrogen-bond donors (Lipinski definition) is 3. The largest absolute Gasteiger partial charge is 0.394 e. The highest BCUT2D eigenvalue weighted by Crippen LogP contribution is 2.19. The molecule has 0 fully saturated rings. The zero-order valence-corrected chi connectivity index (χ0v) is 53.7. The van der Waals surface area contributed by atoms with Crippen LogP contribution in [-0.4, -0.2) is 34.9 Å². The fourth-order valence-electron chi connectivity index (χ4n) is 11.3. The van der Waals surface area contributed by atoms with Crippen LogP contribution in [0.3, 0.4) is 0 Å². The molecule has 2 unspecified atom stereocenters. The Kier molecular flexibility index (Phi) is 68.7. The van der Waals surface area contributed by atoms with Crippen molar-refractivity contribution in [1.29, 1.82) is 0 Å². The van der Waals surface area contributed by atoms with E-state index >= 15 is 0 Å². The molecule has 0 aromatic carbocycles. The van der Waals surface area contributed by atoms with Gasteiger partial charge in [-0.2, -0.15) is 0 Å². The van der Waals surface area contributed by atoms with Gasteiger partial charge in [-0.1, -0.05) is 376 Å². The number of rotatable bonds is 67. The summed E-state index contributed by atoms with van der Waals surface area (Å²) in [7, 11) is 0. The number of nitrogens with one attached hydrogen (secondary N) is 1. The molecule has 4 nitrogen and oxygen atoms in total. The molecule has 0 saturated heterocycles. The Balaban J connectivity index is 3.45. The number of aliphatic hydroxyl groups excluding tert-OH is 2. The van der Waals surface area contributed by atoms with Crippen molar-refractivity contribution in [1.82, 2.24) is 5.32 Å². The molecule has 0 heterocycles. The number of carbonyl (C=O) groups excluding carboxylic acids is 1. The van der Waals surface area contributed by atoms with Gasteiger partial charge in [-0.3, -0.25) is 4.79 Å². The van der Waals surface area contributed by atoms with E-state index in [4.69, 9.17) is 0 Å².